The van der Waals surface area contributed by atoms with E-state index in [4.69, 9.17) is 11.6 Å². The molecule has 2 amide bonds. The molecule has 4 nitrogen and oxygen atoms in total. The van der Waals surface area contributed by atoms with Gasteiger partial charge in [-0.1, -0.05) is 41.9 Å². The first kappa shape index (κ1) is 17.5. The molecule has 1 fully saturated rings. The van der Waals surface area contributed by atoms with Crippen LogP contribution in [0, 0.1) is 5.92 Å². The SMILES string of the molecule is CC(=O)N1CC(C(=O)Nc2ccc(Cl)cc2)CC(c2ccccc2)C1. The molecule has 2 aromatic carbocycles. The Morgan fingerprint density at radius 2 is 1.72 bits per heavy atom. The summed E-state index contributed by atoms with van der Waals surface area (Å²) in [4.78, 5) is 26.4. The molecule has 25 heavy (non-hydrogen) atoms. The Labute approximate surface area is 152 Å². The van der Waals surface area contributed by atoms with E-state index in [1.807, 2.05) is 18.2 Å². The van der Waals surface area contributed by atoms with E-state index in [1.54, 1.807) is 36.1 Å². The van der Waals surface area contributed by atoms with Crippen LogP contribution in [0.15, 0.2) is 54.6 Å². The van der Waals surface area contributed by atoms with Gasteiger partial charge in [0.15, 0.2) is 0 Å². The highest BCUT2D eigenvalue weighted by Gasteiger charge is 2.33. The second-order valence-corrected chi connectivity index (χ2v) is 6.90. The Bertz CT molecular complexity index is 746. The number of amides is 2. The first-order valence-corrected chi connectivity index (χ1v) is 8.77. The van der Waals surface area contributed by atoms with Crippen molar-refractivity contribution in [3.8, 4) is 0 Å². The molecule has 0 aromatic heterocycles. The fourth-order valence-electron chi connectivity index (χ4n) is 3.29. The zero-order valence-corrected chi connectivity index (χ0v) is 14.9. The predicted octanol–water partition coefficient (Wildman–Crippen LogP) is 3.93. The number of hydrogen-bond acceptors (Lipinski definition) is 2. The van der Waals surface area contributed by atoms with Crippen molar-refractivity contribution in [3.63, 3.8) is 0 Å². The number of halogens is 1. The summed E-state index contributed by atoms with van der Waals surface area (Å²) in [6.45, 7) is 2.67. The van der Waals surface area contributed by atoms with Gasteiger partial charge in [0.05, 0.1) is 5.92 Å². The molecule has 130 valence electrons. The summed E-state index contributed by atoms with van der Waals surface area (Å²) >= 11 is 5.88. The second-order valence-electron chi connectivity index (χ2n) is 6.46. The summed E-state index contributed by atoms with van der Waals surface area (Å²) in [5.41, 5.74) is 1.88. The molecule has 1 saturated heterocycles. The van der Waals surface area contributed by atoms with E-state index in [0.717, 1.165) is 12.0 Å². The van der Waals surface area contributed by atoms with Crippen LogP contribution < -0.4 is 5.32 Å². The van der Waals surface area contributed by atoms with E-state index in [2.05, 4.69) is 17.4 Å². The number of nitrogens with one attached hydrogen (secondary N) is 1. The molecule has 1 heterocycles. The van der Waals surface area contributed by atoms with E-state index >= 15 is 0 Å². The predicted molar refractivity (Wildman–Crippen MR) is 99.6 cm³/mol. The molecule has 0 radical (unpaired) electrons. The van der Waals surface area contributed by atoms with Crippen molar-refractivity contribution in [2.75, 3.05) is 18.4 Å². The van der Waals surface area contributed by atoms with Crippen LogP contribution in [0.2, 0.25) is 5.02 Å². The molecule has 0 bridgehead atoms. The van der Waals surface area contributed by atoms with Gasteiger partial charge in [0, 0.05) is 36.6 Å². The lowest BCUT2D eigenvalue weighted by molar-refractivity contribution is -0.133. The third-order valence-electron chi connectivity index (χ3n) is 4.65. The zero-order chi connectivity index (χ0) is 17.8. The molecule has 3 rings (SSSR count). The Hall–Kier alpha value is -2.33. The summed E-state index contributed by atoms with van der Waals surface area (Å²) in [6, 6.07) is 17.1. The van der Waals surface area contributed by atoms with Crippen molar-refractivity contribution in [1.82, 2.24) is 4.90 Å². The van der Waals surface area contributed by atoms with Crippen LogP contribution in [0.3, 0.4) is 0 Å². The van der Waals surface area contributed by atoms with Crippen LogP contribution in [-0.4, -0.2) is 29.8 Å². The van der Waals surface area contributed by atoms with E-state index in [9.17, 15) is 9.59 Å². The maximum Gasteiger partial charge on any atom is 0.229 e. The van der Waals surface area contributed by atoms with Crippen LogP contribution in [0.25, 0.3) is 0 Å². The topological polar surface area (TPSA) is 49.4 Å². The van der Waals surface area contributed by atoms with Gasteiger partial charge in [-0.3, -0.25) is 9.59 Å². The van der Waals surface area contributed by atoms with Crippen molar-refractivity contribution in [1.29, 1.82) is 0 Å². The zero-order valence-electron chi connectivity index (χ0n) is 14.1. The number of likely N-dealkylation sites (tertiary alicyclic amines) is 1. The number of carbonyl (C=O) groups excluding carboxylic acids is 2. The maximum absolute atomic E-state index is 12.7. The number of nitrogens with zero attached hydrogens (tertiary/aromatic N) is 1. The average molecular weight is 357 g/mol. The summed E-state index contributed by atoms with van der Waals surface area (Å²) in [5.74, 6) is -0.127. The molecule has 1 aliphatic rings. The number of piperidine rings is 1. The van der Waals surface area contributed by atoms with Gasteiger partial charge in [0.1, 0.15) is 0 Å². The minimum atomic E-state index is -0.237. The average Bonchev–Trinajstić information content (AvgIpc) is 2.64. The van der Waals surface area contributed by atoms with Gasteiger partial charge in [-0.05, 0) is 36.2 Å². The van der Waals surface area contributed by atoms with E-state index < -0.39 is 0 Å². The number of benzene rings is 2. The number of anilines is 1. The third-order valence-corrected chi connectivity index (χ3v) is 4.90. The molecule has 2 unspecified atom stereocenters. The van der Waals surface area contributed by atoms with E-state index in [0.29, 0.717) is 23.8 Å². The summed E-state index contributed by atoms with van der Waals surface area (Å²) in [5, 5.41) is 3.56. The Balaban J connectivity index is 1.75. The Morgan fingerprint density at radius 3 is 2.36 bits per heavy atom. The molecule has 1 N–H and O–H groups in total. The van der Waals surface area contributed by atoms with Crippen LogP contribution in [0.1, 0.15) is 24.8 Å². The van der Waals surface area contributed by atoms with Crippen LogP contribution in [0.5, 0.6) is 0 Å². The smallest absolute Gasteiger partial charge is 0.229 e. The first-order valence-electron chi connectivity index (χ1n) is 8.40. The standard InChI is InChI=1S/C20H21ClN2O2/c1-14(24)23-12-16(15-5-3-2-4-6-15)11-17(13-23)20(25)22-19-9-7-18(21)8-10-19/h2-10,16-17H,11-13H2,1H3,(H,22,25). The Kier molecular flexibility index (Phi) is 5.39. The van der Waals surface area contributed by atoms with Crippen LogP contribution in [-0.2, 0) is 9.59 Å². The monoisotopic (exact) mass is 356 g/mol. The van der Waals surface area contributed by atoms with Gasteiger partial charge in [0.25, 0.3) is 0 Å². The minimum Gasteiger partial charge on any atom is -0.342 e. The molecule has 2 atom stereocenters. The highest BCUT2D eigenvalue weighted by molar-refractivity contribution is 6.30. The van der Waals surface area contributed by atoms with Crippen molar-refractivity contribution in [2.24, 2.45) is 5.92 Å². The first-order chi connectivity index (χ1) is 12.0. The third kappa shape index (κ3) is 4.40. The highest BCUT2D eigenvalue weighted by Crippen LogP contribution is 2.31. The van der Waals surface area contributed by atoms with Crippen molar-refractivity contribution < 1.29 is 9.59 Å². The Morgan fingerprint density at radius 1 is 1.04 bits per heavy atom. The van der Waals surface area contributed by atoms with Crippen molar-refractivity contribution in [2.45, 2.75) is 19.3 Å². The van der Waals surface area contributed by atoms with Gasteiger partial charge in [0.2, 0.25) is 11.8 Å². The minimum absolute atomic E-state index is 0.00456. The van der Waals surface area contributed by atoms with Gasteiger partial charge >= 0.3 is 0 Å². The van der Waals surface area contributed by atoms with Crippen LogP contribution in [0.4, 0.5) is 5.69 Å². The van der Waals surface area contributed by atoms with Crippen molar-refractivity contribution in [3.05, 3.63) is 65.2 Å². The van der Waals surface area contributed by atoms with Crippen LogP contribution >= 0.6 is 11.6 Å². The van der Waals surface area contributed by atoms with E-state index in [1.165, 1.54) is 0 Å². The molecule has 1 aliphatic heterocycles. The number of carbonyl (C=O) groups is 2. The molecule has 5 heteroatoms. The van der Waals surface area contributed by atoms with E-state index in [-0.39, 0.29) is 23.7 Å². The van der Waals surface area contributed by atoms with Gasteiger partial charge in [-0.25, -0.2) is 0 Å². The van der Waals surface area contributed by atoms with Gasteiger partial charge in [-0.15, -0.1) is 0 Å². The molecular formula is C20H21ClN2O2. The summed E-state index contributed by atoms with van der Waals surface area (Å²) in [6.07, 6.45) is 0.729. The summed E-state index contributed by atoms with van der Waals surface area (Å²) < 4.78 is 0. The highest BCUT2D eigenvalue weighted by atomic mass is 35.5. The number of hydrogen-bond donors (Lipinski definition) is 1. The molecular weight excluding hydrogens is 336 g/mol. The quantitative estimate of drug-likeness (QED) is 0.905. The fraction of sp³-hybridized carbons (Fsp3) is 0.300. The normalized spacial score (nSPS) is 20.2. The lowest BCUT2D eigenvalue weighted by atomic mass is 9.84. The lowest BCUT2D eigenvalue weighted by Gasteiger charge is -2.37. The molecule has 2 aromatic rings. The molecule has 0 spiro atoms. The molecule has 0 aliphatic carbocycles. The second kappa shape index (κ2) is 7.70. The van der Waals surface area contributed by atoms with Crippen molar-refractivity contribution >= 4 is 29.1 Å². The summed E-state index contributed by atoms with van der Waals surface area (Å²) in [7, 11) is 0. The molecule has 0 saturated carbocycles. The fourth-order valence-corrected chi connectivity index (χ4v) is 3.42. The van der Waals surface area contributed by atoms with Gasteiger partial charge < -0.3 is 10.2 Å². The lowest BCUT2D eigenvalue weighted by Crippen LogP contribution is -2.45. The number of rotatable bonds is 3. The largest absolute Gasteiger partial charge is 0.342 e. The van der Waals surface area contributed by atoms with Gasteiger partial charge in [-0.2, -0.15) is 0 Å². The maximum atomic E-state index is 12.7.